The largest absolute Gasteiger partial charge is 0.443 e. The van der Waals surface area contributed by atoms with Crippen LogP contribution in [0.25, 0.3) is 0 Å². The minimum atomic E-state index is -0.424. The van der Waals surface area contributed by atoms with Crippen molar-refractivity contribution < 1.29 is 28.5 Å². The van der Waals surface area contributed by atoms with E-state index >= 15 is 0 Å². The van der Waals surface area contributed by atoms with Crippen LogP contribution in [0.4, 0.5) is 4.79 Å². The number of methoxy groups -OCH3 is 2. The molecule has 0 bridgehead atoms. The van der Waals surface area contributed by atoms with Gasteiger partial charge < -0.3 is 29.0 Å². The molecule has 7 atom stereocenters. The van der Waals surface area contributed by atoms with Crippen LogP contribution >= 0.6 is 0 Å². The number of amides is 1. The van der Waals surface area contributed by atoms with Gasteiger partial charge in [0.15, 0.2) is 0 Å². The van der Waals surface area contributed by atoms with Crippen LogP contribution in [0.2, 0.25) is 0 Å². The molecule has 2 heterocycles. The molecule has 7 nitrogen and oxygen atoms in total. The van der Waals surface area contributed by atoms with E-state index in [1.165, 1.54) is 5.57 Å². The van der Waals surface area contributed by atoms with E-state index in [2.05, 4.69) is 32.2 Å². The van der Waals surface area contributed by atoms with Crippen molar-refractivity contribution in [3.05, 3.63) is 11.6 Å². The van der Waals surface area contributed by atoms with Gasteiger partial charge in [0.05, 0.1) is 31.3 Å². The molecule has 1 saturated carbocycles. The lowest BCUT2D eigenvalue weighted by molar-refractivity contribution is -0.118. The highest BCUT2D eigenvalue weighted by Gasteiger charge is 2.72. The van der Waals surface area contributed by atoms with Crippen molar-refractivity contribution in [3.8, 4) is 0 Å². The molecule has 1 spiro atoms. The Labute approximate surface area is 180 Å². The molecular weight excluding hydrogens is 386 g/mol. The molecule has 3 aliphatic rings. The van der Waals surface area contributed by atoms with Crippen LogP contribution < -0.4 is 5.32 Å². The maximum Gasteiger partial charge on any atom is 0.407 e. The van der Waals surface area contributed by atoms with Crippen molar-refractivity contribution in [1.82, 2.24) is 5.32 Å². The Morgan fingerprint density at radius 1 is 1.30 bits per heavy atom. The van der Waals surface area contributed by atoms with Crippen LogP contribution in [0, 0.1) is 11.8 Å². The van der Waals surface area contributed by atoms with Crippen molar-refractivity contribution in [2.24, 2.45) is 11.8 Å². The minimum Gasteiger partial charge on any atom is -0.443 e. The summed E-state index contributed by atoms with van der Waals surface area (Å²) in [5.74, 6) is 0.268. The highest BCUT2D eigenvalue weighted by atomic mass is 16.6. The third kappa shape index (κ3) is 4.85. The first kappa shape index (κ1) is 23.5. The van der Waals surface area contributed by atoms with Gasteiger partial charge in [-0.15, -0.1) is 0 Å². The molecule has 2 saturated heterocycles. The van der Waals surface area contributed by atoms with Gasteiger partial charge in [-0.2, -0.15) is 0 Å². The van der Waals surface area contributed by atoms with E-state index in [9.17, 15) is 4.79 Å². The summed E-state index contributed by atoms with van der Waals surface area (Å²) in [5, 5.41) is 2.94. The standard InChI is InChI=1S/C23H39NO6/c1-14(2)8-9-18-22(5,30-18)20-19(27-7)17(10-11-23(20)13-28-23)29-21(25)24-16(12-26-6)15(3)4/h8,15-20H,9-13H2,1-7H3,(H,24,25)/t16-,17?,18?,19?,20?,22?,23-/m0/s1. The quantitative estimate of drug-likeness (QED) is 0.450. The van der Waals surface area contributed by atoms with E-state index in [4.69, 9.17) is 23.7 Å². The number of hydrogen-bond donors (Lipinski definition) is 1. The highest BCUT2D eigenvalue weighted by Crippen LogP contribution is 2.59. The number of epoxide rings is 2. The summed E-state index contributed by atoms with van der Waals surface area (Å²) in [6.45, 7) is 11.6. The Morgan fingerprint density at radius 2 is 2.00 bits per heavy atom. The maximum atomic E-state index is 12.6. The second-order valence-corrected chi connectivity index (χ2v) is 9.77. The molecule has 0 aromatic carbocycles. The van der Waals surface area contributed by atoms with Crippen molar-refractivity contribution in [2.75, 3.05) is 27.4 Å². The molecule has 30 heavy (non-hydrogen) atoms. The predicted octanol–water partition coefficient (Wildman–Crippen LogP) is 3.46. The van der Waals surface area contributed by atoms with Crippen LogP contribution in [0.15, 0.2) is 11.6 Å². The second-order valence-electron chi connectivity index (χ2n) is 9.77. The number of carbonyl (C=O) groups is 1. The van der Waals surface area contributed by atoms with Gasteiger partial charge in [0.1, 0.15) is 23.4 Å². The Kier molecular flexibility index (Phi) is 7.17. The van der Waals surface area contributed by atoms with E-state index in [-0.39, 0.29) is 47.4 Å². The molecule has 2 aliphatic heterocycles. The first-order valence-electron chi connectivity index (χ1n) is 11.1. The minimum absolute atomic E-state index is 0.0250. The zero-order valence-electron chi connectivity index (χ0n) is 19.5. The number of ether oxygens (including phenoxy) is 5. The average molecular weight is 426 g/mol. The van der Waals surface area contributed by atoms with Crippen molar-refractivity contribution in [1.29, 1.82) is 0 Å². The molecule has 1 amide bonds. The Hall–Kier alpha value is -1.15. The lowest BCUT2D eigenvalue weighted by Gasteiger charge is -2.42. The number of alkyl carbamates (subject to hydrolysis) is 1. The molecule has 5 unspecified atom stereocenters. The number of carbonyl (C=O) groups excluding carboxylic acids is 1. The summed E-state index contributed by atoms with van der Waals surface area (Å²) in [7, 11) is 3.32. The molecule has 0 radical (unpaired) electrons. The molecule has 3 fully saturated rings. The van der Waals surface area contributed by atoms with E-state index < -0.39 is 6.09 Å². The average Bonchev–Trinajstić information content (AvgIpc) is 3.58. The van der Waals surface area contributed by atoms with E-state index in [1.807, 2.05) is 13.8 Å². The van der Waals surface area contributed by atoms with Gasteiger partial charge in [0, 0.05) is 14.2 Å². The highest BCUT2D eigenvalue weighted by molar-refractivity contribution is 5.68. The topological polar surface area (TPSA) is 81.9 Å². The van der Waals surface area contributed by atoms with Gasteiger partial charge in [0.2, 0.25) is 0 Å². The SMILES string of the molecule is COC[C@H](NC(=O)OC1CC[C@]2(CO2)C(C2(C)OC2CC=C(C)C)C1OC)C(C)C. The molecule has 0 aromatic rings. The van der Waals surface area contributed by atoms with Gasteiger partial charge >= 0.3 is 6.09 Å². The third-order valence-electron chi connectivity index (χ3n) is 6.95. The van der Waals surface area contributed by atoms with Gasteiger partial charge in [-0.1, -0.05) is 25.5 Å². The predicted molar refractivity (Wildman–Crippen MR) is 113 cm³/mol. The lowest BCUT2D eigenvalue weighted by Crippen LogP contribution is -2.56. The summed E-state index contributed by atoms with van der Waals surface area (Å²) < 4.78 is 29.2. The number of allylic oxidation sites excluding steroid dienone is 1. The van der Waals surface area contributed by atoms with Gasteiger partial charge in [0.25, 0.3) is 0 Å². The Bertz CT molecular complexity index is 642. The lowest BCUT2D eigenvalue weighted by atomic mass is 9.68. The molecule has 1 aliphatic carbocycles. The molecule has 0 aromatic heterocycles. The summed E-state index contributed by atoms with van der Waals surface area (Å²) in [6.07, 6.45) is 3.75. The van der Waals surface area contributed by atoms with E-state index in [0.717, 1.165) is 12.8 Å². The Balaban J connectivity index is 1.69. The van der Waals surface area contributed by atoms with Crippen LogP contribution in [-0.4, -0.2) is 69.1 Å². The summed E-state index contributed by atoms with van der Waals surface area (Å²) >= 11 is 0. The first-order valence-corrected chi connectivity index (χ1v) is 11.1. The number of hydrogen-bond acceptors (Lipinski definition) is 6. The van der Waals surface area contributed by atoms with Crippen molar-refractivity contribution >= 4 is 6.09 Å². The molecule has 7 heteroatoms. The van der Waals surface area contributed by atoms with Gasteiger partial charge in [-0.25, -0.2) is 4.79 Å². The zero-order valence-corrected chi connectivity index (χ0v) is 19.5. The molecule has 1 N–H and O–H groups in total. The maximum absolute atomic E-state index is 12.6. The summed E-state index contributed by atoms with van der Waals surface area (Å²) in [6, 6.07) is -0.0984. The second kappa shape index (κ2) is 9.15. The fourth-order valence-corrected chi connectivity index (χ4v) is 4.97. The van der Waals surface area contributed by atoms with Crippen LogP contribution in [0.5, 0.6) is 0 Å². The summed E-state index contributed by atoms with van der Waals surface area (Å²) in [4.78, 5) is 12.6. The smallest absolute Gasteiger partial charge is 0.407 e. The van der Waals surface area contributed by atoms with Crippen molar-refractivity contribution in [2.45, 2.75) is 89.4 Å². The first-order chi connectivity index (χ1) is 14.2. The number of nitrogens with one attached hydrogen (secondary N) is 1. The molecule has 3 rings (SSSR count). The fraction of sp³-hybridized carbons (Fsp3) is 0.870. The third-order valence-corrected chi connectivity index (χ3v) is 6.95. The zero-order chi connectivity index (χ0) is 22.1. The van der Waals surface area contributed by atoms with E-state index in [0.29, 0.717) is 19.6 Å². The fourth-order valence-electron chi connectivity index (χ4n) is 4.97. The van der Waals surface area contributed by atoms with Crippen LogP contribution in [0.1, 0.15) is 53.9 Å². The summed E-state index contributed by atoms with van der Waals surface area (Å²) in [5.41, 5.74) is 0.728. The molecule has 172 valence electrons. The van der Waals surface area contributed by atoms with Gasteiger partial charge in [-0.05, 0) is 46.0 Å². The van der Waals surface area contributed by atoms with Gasteiger partial charge in [-0.3, -0.25) is 0 Å². The van der Waals surface area contributed by atoms with Crippen LogP contribution in [-0.2, 0) is 23.7 Å². The number of rotatable bonds is 9. The normalized spacial score (nSPS) is 38.3. The van der Waals surface area contributed by atoms with Crippen LogP contribution in [0.3, 0.4) is 0 Å². The van der Waals surface area contributed by atoms with E-state index in [1.54, 1.807) is 14.2 Å². The molecular formula is C23H39NO6. The Morgan fingerprint density at radius 3 is 2.53 bits per heavy atom. The monoisotopic (exact) mass is 425 g/mol. The van der Waals surface area contributed by atoms with Crippen molar-refractivity contribution in [3.63, 3.8) is 0 Å².